The number of carbonyl (C=O) groups is 1. The van der Waals surface area contributed by atoms with E-state index in [0.29, 0.717) is 24.3 Å². The number of fused-ring (bicyclic) bond motifs is 1. The summed E-state index contributed by atoms with van der Waals surface area (Å²) < 4.78 is 11.2. The average molecular weight is 410 g/mol. The number of hydrogen-bond donors (Lipinski definition) is 1. The standard InChI is InChI=1S/C19H27N3O3S2/c1-12(2)24-8-4-7-20-17(23)11-26-19-22-21-18(25-19)16-10-14-9-13(3)5-6-15(14)27-16/h10,12-13H,4-9,11H2,1-3H3,(H,20,23)/t13-/m1/s1. The molecule has 0 bridgehead atoms. The molecule has 2 aromatic heterocycles. The molecule has 27 heavy (non-hydrogen) atoms. The zero-order valence-electron chi connectivity index (χ0n) is 16.1. The molecule has 0 spiro atoms. The van der Waals surface area contributed by atoms with Crippen molar-refractivity contribution in [2.75, 3.05) is 18.9 Å². The van der Waals surface area contributed by atoms with Crippen molar-refractivity contribution in [1.82, 2.24) is 15.5 Å². The third-order valence-corrected chi connectivity index (χ3v) is 6.41. The van der Waals surface area contributed by atoms with Gasteiger partial charge in [0.1, 0.15) is 0 Å². The molecule has 0 radical (unpaired) electrons. The zero-order valence-corrected chi connectivity index (χ0v) is 17.8. The summed E-state index contributed by atoms with van der Waals surface area (Å²) in [6, 6.07) is 2.18. The summed E-state index contributed by atoms with van der Waals surface area (Å²) in [6.07, 6.45) is 4.54. The van der Waals surface area contributed by atoms with E-state index in [9.17, 15) is 4.79 Å². The van der Waals surface area contributed by atoms with E-state index in [-0.39, 0.29) is 17.8 Å². The van der Waals surface area contributed by atoms with Crippen LogP contribution >= 0.6 is 23.1 Å². The lowest BCUT2D eigenvalue weighted by atomic mass is 9.90. The summed E-state index contributed by atoms with van der Waals surface area (Å²) in [4.78, 5) is 14.4. The van der Waals surface area contributed by atoms with Gasteiger partial charge < -0.3 is 14.5 Å². The second-order valence-corrected chi connectivity index (χ2v) is 9.26. The van der Waals surface area contributed by atoms with Gasteiger partial charge in [0.05, 0.1) is 16.7 Å². The summed E-state index contributed by atoms with van der Waals surface area (Å²) in [6.45, 7) is 7.56. The topological polar surface area (TPSA) is 77.2 Å². The minimum atomic E-state index is -0.0372. The van der Waals surface area contributed by atoms with Crippen LogP contribution in [0.2, 0.25) is 0 Å². The van der Waals surface area contributed by atoms with Crippen LogP contribution in [-0.2, 0) is 22.4 Å². The van der Waals surface area contributed by atoms with Crippen molar-refractivity contribution in [1.29, 1.82) is 0 Å². The largest absolute Gasteiger partial charge is 0.410 e. The number of carbonyl (C=O) groups excluding carboxylic acids is 1. The van der Waals surface area contributed by atoms with Crippen LogP contribution in [0.25, 0.3) is 10.8 Å². The number of amides is 1. The van der Waals surface area contributed by atoms with Crippen molar-refractivity contribution in [3.8, 4) is 10.8 Å². The van der Waals surface area contributed by atoms with Crippen LogP contribution in [0.3, 0.4) is 0 Å². The van der Waals surface area contributed by atoms with Gasteiger partial charge in [-0.3, -0.25) is 4.79 Å². The normalized spacial score (nSPS) is 16.5. The van der Waals surface area contributed by atoms with E-state index in [1.165, 1.54) is 28.6 Å². The van der Waals surface area contributed by atoms with Gasteiger partial charge >= 0.3 is 0 Å². The molecule has 2 aromatic rings. The van der Waals surface area contributed by atoms with Crippen molar-refractivity contribution in [2.24, 2.45) is 5.92 Å². The minimum Gasteiger partial charge on any atom is -0.410 e. The van der Waals surface area contributed by atoms with E-state index in [1.807, 2.05) is 13.8 Å². The maximum atomic E-state index is 11.9. The third kappa shape index (κ3) is 6.05. The first-order chi connectivity index (χ1) is 13.0. The number of nitrogens with zero attached hydrogens (tertiary/aromatic N) is 2. The van der Waals surface area contributed by atoms with Gasteiger partial charge in [-0.2, -0.15) is 0 Å². The Morgan fingerprint density at radius 1 is 1.48 bits per heavy atom. The Kier molecular flexibility index (Phi) is 7.32. The molecule has 1 N–H and O–H groups in total. The van der Waals surface area contributed by atoms with Gasteiger partial charge in [-0.25, -0.2) is 0 Å². The maximum absolute atomic E-state index is 11.9. The number of rotatable bonds is 9. The Labute approximate surface area is 168 Å². The van der Waals surface area contributed by atoms with Gasteiger partial charge in [0.15, 0.2) is 0 Å². The molecular formula is C19H27N3O3S2. The highest BCUT2D eigenvalue weighted by Crippen LogP contribution is 2.37. The van der Waals surface area contributed by atoms with Crippen LogP contribution in [0, 0.1) is 5.92 Å². The van der Waals surface area contributed by atoms with Crippen molar-refractivity contribution in [2.45, 2.75) is 57.8 Å². The Balaban J connectivity index is 1.44. The second kappa shape index (κ2) is 9.71. The Morgan fingerprint density at radius 2 is 2.33 bits per heavy atom. The summed E-state index contributed by atoms with van der Waals surface area (Å²) >= 11 is 3.02. The number of ether oxygens (including phenoxy) is 1. The van der Waals surface area contributed by atoms with Gasteiger partial charge in [-0.1, -0.05) is 18.7 Å². The predicted octanol–water partition coefficient (Wildman–Crippen LogP) is 3.95. The van der Waals surface area contributed by atoms with Crippen LogP contribution in [0.15, 0.2) is 15.7 Å². The summed E-state index contributed by atoms with van der Waals surface area (Å²) in [5.74, 6) is 1.52. The third-order valence-electron chi connectivity index (χ3n) is 4.37. The fourth-order valence-corrected chi connectivity index (χ4v) is 4.70. The first-order valence-electron chi connectivity index (χ1n) is 9.48. The Morgan fingerprint density at radius 3 is 3.15 bits per heavy atom. The van der Waals surface area contributed by atoms with Crippen LogP contribution in [-0.4, -0.2) is 41.1 Å². The summed E-state index contributed by atoms with van der Waals surface area (Å²) in [7, 11) is 0. The van der Waals surface area contributed by atoms with Crippen LogP contribution in [0.4, 0.5) is 0 Å². The summed E-state index contributed by atoms with van der Waals surface area (Å²) in [5, 5.41) is 11.5. The van der Waals surface area contributed by atoms with Crippen LogP contribution in [0.1, 0.15) is 44.1 Å². The predicted molar refractivity (Wildman–Crippen MR) is 108 cm³/mol. The monoisotopic (exact) mass is 409 g/mol. The van der Waals surface area contributed by atoms with Crippen molar-refractivity contribution in [3.05, 3.63) is 16.5 Å². The van der Waals surface area contributed by atoms with Gasteiger partial charge in [-0.15, -0.1) is 21.5 Å². The molecule has 2 heterocycles. The van der Waals surface area contributed by atoms with Crippen molar-refractivity contribution < 1.29 is 13.9 Å². The van der Waals surface area contributed by atoms with E-state index in [4.69, 9.17) is 9.15 Å². The fourth-order valence-electron chi connectivity index (χ4n) is 2.98. The van der Waals surface area contributed by atoms with E-state index in [0.717, 1.165) is 30.1 Å². The first-order valence-corrected chi connectivity index (χ1v) is 11.3. The number of hydrogen-bond acceptors (Lipinski definition) is 7. The Hall–Kier alpha value is -1.38. The van der Waals surface area contributed by atoms with Crippen LogP contribution < -0.4 is 5.32 Å². The quantitative estimate of drug-likeness (QED) is 0.499. The smallest absolute Gasteiger partial charge is 0.277 e. The van der Waals surface area contributed by atoms with Gasteiger partial charge in [-0.05, 0) is 57.1 Å². The molecule has 0 unspecified atom stereocenters. The molecule has 1 amide bonds. The molecule has 0 aliphatic heterocycles. The zero-order chi connectivity index (χ0) is 19.2. The number of aromatic nitrogens is 2. The van der Waals surface area contributed by atoms with Gasteiger partial charge in [0.2, 0.25) is 5.91 Å². The second-order valence-electron chi connectivity index (χ2n) is 7.19. The molecule has 0 saturated carbocycles. The average Bonchev–Trinajstić information content (AvgIpc) is 3.25. The van der Waals surface area contributed by atoms with E-state index in [1.54, 1.807) is 11.3 Å². The van der Waals surface area contributed by atoms with Crippen molar-refractivity contribution >= 4 is 29.0 Å². The number of aryl methyl sites for hydroxylation is 1. The highest BCUT2D eigenvalue weighted by atomic mass is 32.2. The molecule has 6 nitrogen and oxygen atoms in total. The number of thioether (sulfide) groups is 1. The van der Waals surface area contributed by atoms with Gasteiger partial charge in [0.25, 0.3) is 11.1 Å². The SMILES string of the molecule is CC(C)OCCCNC(=O)CSc1nnc(-c2cc3c(s2)CC[C@@H](C)C3)o1. The molecule has 0 aromatic carbocycles. The van der Waals surface area contributed by atoms with Crippen molar-refractivity contribution in [3.63, 3.8) is 0 Å². The molecule has 148 valence electrons. The molecule has 1 aliphatic carbocycles. The van der Waals surface area contributed by atoms with Gasteiger partial charge in [0, 0.05) is 18.0 Å². The summed E-state index contributed by atoms with van der Waals surface area (Å²) in [5.41, 5.74) is 1.42. The molecule has 0 saturated heterocycles. The highest BCUT2D eigenvalue weighted by molar-refractivity contribution is 7.99. The molecule has 8 heteroatoms. The molecule has 1 atom stereocenters. The van der Waals surface area contributed by atoms with Crippen LogP contribution in [0.5, 0.6) is 0 Å². The molecule has 0 fully saturated rings. The number of nitrogens with one attached hydrogen (secondary N) is 1. The molecule has 1 aliphatic rings. The lowest BCUT2D eigenvalue weighted by Crippen LogP contribution is -2.27. The Bertz CT molecular complexity index is 757. The molecular weight excluding hydrogens is 382 g/mol. The lowest BCUT2D eigenvalue weighted by molar-refractivity contribution is -0.118. The maximum Gasteiger partial charge on any atom is 0.277 e. The first kappa shape index (κ1) is 20.4. The van der Waals surface area contributed by atoms with E-state index >= 15 is 0 Å². The van der Waals surface area contributed by atoms with E-state index in [2.05, 4.69) is 28.5 Å². The lowest BCUT2D eigenvalue weighted by Gasteiger charge is -2.16. The molecule has 3 rings (SSSR count). The highest BCUT2D eigenvalue weighted by Gasteiger charge is 2.21. The fraction of sp³-hybridized carbons (Fsp3) is 0.632. The van der Waals surface area contributed by atoms with E-state index < -0.39 is 0 Å². The minimum absolute atomic E-state index is 0.0372. The number of thiophene rings is 1.